The Morgan fingerprint density at radius 2 is 2.04 bits per heavy atom. The Hall–Kier alpha value is -1.72. The lowest BCUT2D eigenvalue weighted by Gasteiger charge is -2.31. The molecule has 4 nitrogen and oxygen atoms in total. The number of carbonyl (C=O) groups excluding carboxylic acids is 1. The third kappa shape index (κ3) is 4.67. The first kappa shape index (κ1) is 18.1. The van der Waals surface area contributed by atoms with Gasteiger partial charge in [-0.1, -0.05) is 6.07 Å². The minimum absolute atomic E-state index is 0.107. The molecule has 1 amide bonds. The number of ether oxygens (including phenoxy) is 1. The van der Waals surface area contributed by atoms with Gasteiger partial charge in [0.1, 0.15) is 0 Å². The molecule has 5 heteroatoms. The van der Waals surface area contributed by atoms with Gasteiger partial charge in [0.05, 0.1) is 24.9 Å². The summed E-state index contributed by atoms with van der Waals surface area (Å²) in [5.41, 5.74) is 2.20. The second-order valence-electron chi connectivity index (χ2n) is 6.75. The number of thiophene rings is 1. The van der Waals surface area contributed by atoms with Crippen molar-refractivity contribution in [1.29, 1.82) is 0 Å². The molecule has 0 aliphatic heterocycles. The zero-order valence-corrected chi connectivity index (χ0v) is 15.8. The van der Waals surface area contributed by atoms with Gasteiger partial charge in [-0.3, -0.25) is 9.78 Å². The highest BCUT2D eigenvalue weighted by Crippen LogP contribution is 2.29. The van der Waals surface area contributed by atoms with E-state index in [0.29, 0.717) is 19.2 Å². The molecule has 3 rings (SSSR count). The topological polar surface area (TPSA) is 42.4 Å². The quantitative estimate of drug-likeness (QED) is 0.778. The maximum absolute atomic E-state index is 13.2. The van der Waals surface area contributed by atoms with Crippen molar-refractivity contribution in [3.8, 4) is 0 Å². The fraction of sp³-hybridized carbons (Fsp3) is 0.500. The molecule has 2 heterocycles. The fourth-order valence-electron chi connectivity index (χ4n) is 3.44. The van der Waals surface area contributed by atoms with E-state index < -0.39 is 0 Å². The normalized spacial score (nSPS) is 20.4. The van der Waals surface area contributed by atoms with Crippen molar-refractivity contribution in [3.05, 3.63) is 52.0 Å². The Morgan fingerprint density at radius 3 is 2.64 bits per heavy atom. The summed E-state index contributed by atoms with van der Waals surface area (Å²) >= 11 is 1.72. The summed E-state index contributed by atoms with van der Waals surface area (Å²) in [6.07, 6.45) is 5.88. The van der Waals surface area contributed by atoms with Crippen molar-refractivity contribution in [2.75, 3.05) is 7.11 Å². The van der Waals surface area contributed by atoms with E-state index in [1.807, 2.05) is 23.1 Å². The van der Waals surface area contributed by atoms with Crippen LogP contribution in [0.15, 0.2) is 35.8 Å². The van der Waals surface area contributed by atoms with Gasteiger partial charge in [0, 0.05) is 24.1 Å². The first-order valence-corrected chi connectivity index (χ1v) is 9.79. The maximum Gasteiger partial charge on any atom is 0.226 e. The molecule has 2 aromatic heterocycles. The fourth-order valence-corrected chi connectivity index (χ4v) is 4.36. The highest BCUT2D eigenvalue weighted by Gasteiger charge is 2.30. The average molecular weight is 359 g/mol. The summed E-state index contributed by atoms with van der Waals surface area (Å²) in [6.45, 7) is 3.35. The molecule has 0 bridgehead atoms. The number of amides is 1. The number of hydrogen-bond donors (Lipinski definition) is 0. The van der Waals surface area contributed by atoms with Crippen LogP contribution in [0.4, 0.5) is 0 Å². The number of rotatable bonds is 6. The Bertz CT molecular complexity index is 678. The molecule has 0 N–H and O–H groups in total. The van der Waals surface area contributed by atoms with E-state index in [9.17, 15) is 4.79 Å². The van der Waals surface area contributed by atoms with Gasteiger partial charge >= 0.3 is 0 Å². The number of aryl methyl sites for hydroxylation is 1. The maximum atomic E-state index is 13.2. The van der Waals surface area contributed by atoms with Crippen molar-refractivity contribution in [1.82, 2.24) is 9.88 Å². The largest absolute Gasteiger partial charge is 0.381 e. The molecule has 0 atom stereocenters. The van der Waals surface area contributed by atoms with Crippen LogP contribution in [-0.2, 0) is 22.6 Å². The van der Waals surface area contributed by atoms with E-state index >= 15 is 0 Å². The van der Waals surface area contributed by atoms with Gasteiger partial charge in [-0.15, -0.1) is 11.3 Å². The van der Waals surface area contributed by atoms with E-state index in [0.717, 1.165) is 31.4 Å². The zero-order valence-electron chi connectivity index (χ0n) is 15.0. The smallest absolute Gasteiger partial charge is 0.226 e. The van der Waals surface area contributed by atoms with E-state index in [1.54, 1.807) is 24.6 Å². The zero-order chi connectivity index (χ0) is 17.6. The Labute approximate surface area is 153 Å². The van der Waals surface area contributed by atoms with Gasteiger partial charge in [0.25, 0.3) is 0 Å². The standard InChI is InChI=1S/C20H26N2O2S/c1-15-10-12-25-19(15)14-22(13-17-5-3-4-11-21-17)20(23)16-6-8-18(24-2)9-7-16/h3-5,10-12,16,18H,6-9,13-14H2,1-2H3. The molecule has 1 aliphatic carbocycles. The molecule has 0 unspecified atom stereocenters. The van der Waals surface area contributed by atoms with E-state index in [2.05, 4.69) is 23.4 Å². The number of pyridine rings is 1. The van der Waals surface area contributed by atoms with Crippen molar-refractivity contribution >= 4 is 17.2 Å². The first-order chi connectivity index (χ1) is 12.2. The molecule has 134 valence electrons. The van der Waals surface area contributed by atoms with Crippen molar-refractivity contribution < 1.29 is 9.53 Å². The second kappa shape index (κ2) is 8.59. The summed E-state index contributed by atoms with van der Waals surface area (Å²) in [4.78, 5) is 20.9. The van der Waals surface area contributed by atoms with Gasteiger partial charge in [-0.2, -0.15) is 0 Å². The molecule has 0 radical (unpaired) electrons. The summed E-state index contributed by atoms with van der Waals surface area (Å²) in [5, 5.41) is 2.10. The predicted octanol–water partition coefficient (Wildman–Crippen LogP) is 4.19. The summed E-state index contributed by atoms with van der Waals surface area (Å²) in [6, 6.07) is 7.99. The van der Waals surface area contributed by atoms with Crippen LogP contribution in [0.5, 0.6) is 0 Å². The minimum Gasteiger partial charge on any atom is -0.381 e. The van der Waals surface area contributed by atoms with Crippen LogP contribution in [0.2, 0.25) is 0 Å². The van der Waals surface area contributed by atoms with E-state index in [1.165, 1.54) is 10.4 Å². The van der Waals surface area contributed by atoms with Crippen LogP contribution >= 0.6 is 11.3 Å². The Balaban J connectivity index is 1.73. The van der Waals surface area contributed by atoms with Crippen LogP contribution in [0.1, 0.15) is 41.8 Å². The Morgan fingerprint density at radius 1 is 1.24 bits per heavy atom. The van der Waals surface area contributed by atoms with Crippen LogP contribution in [0, 0.1) is 12.8 Å². The highest BCUT2D eigenvalue weighted by molar-refractivity contribution is 7.10. The van der Waals surface area contributed by atoms with Gasteiger partial charge in [-0.05, 0) is 61.7 Å². The predicted molar refractivity (Wildman–Crippen MR) is 100 cm³/mol. The molecular weight excluding hydrogens is 332 g/mol. The summed E-state index contributed by atoms with van der Waals surface area (Å²) in [7, 11) is 1.76. The number of methoxy groups -OCH3 is 1. The molecule has 1 saturated carbocycles. The number of nitrogens with zero attached hydrogens (tertiary/aromatic N) is 2. The molecule has 0 saturated heterocycles. The van der Waals surface area contributed by atoms with Gasteiger partial charge in [0.2, 0.25) is 5.91 Å². The lowest BCUT2D eigenvalue weighted by Crippen LogP contribution is -2.38. The lowest BCUT2D eigenvalue weighted by molar-refractivity contribution is -0.138. The molecule has 25 heavy (non-hydrogen) atoms. The number of aromatic nitrogens is 1. The number of carbonyl (C=O) groups is 1. The third-order valence-electron chi connectivity index (χ3n) is 5.05. The van der Waals surface area contributed by atoms with Gasteiger partial charge < -0.3 is 9.64 Å². The molecule has 2 aromatic rings. The third-order valence-corrected chi connectivity index (χ3v) is 6.06. The summed E-state index contributed by atoms with van der Waals surface area (Å²) in [5.74, 6) is 0.364. The minimum atomic E-state index is 0.107. The molecule has 0 spiro atoms. The second-order valence-corrected chi connectivity index (χ2v) is 7.75. The van der Waals surface area contributed by atoms with Crippen LogP contribution < -0.4 is 0 Å². The average Bonchev–Trinajstić information content (AvgIpc) is 3.06. The SMILES string of the molecule is COC1CCC(C(=O)N(Cc2ccccn2)Cc2sccc2C)CC1. The van der Waals surface area contributed by atoms with Crippen molar-refractivity contribution in [2.24, 2.45) is 5.92 Å². The lowest BCUT2D eigenvalue weighted by atomic mass is 9.86. The Kier molecular flexibility index (Phi) is 6.21. The van der Waals surface area contributed by atoms with Crippen LogP contribution in [0.3, 0.4) is 0 Å². The highest BCUT2D eigenvalue weighted by atomic mass is 32.1. The molecule has 1 fully saturated rings. The van der Waals surface area contributed by atoms with Crippen molar-refractivity contribution in [3.63, 3.8) is 0 Å². The van der Waals surface area contributed by atoms with E-state index in [4.69, 9.17) is 4.74 Å². The van der Waals surface area contributed by atoms with Crippen LogP contribution in [-0.4, -0.2) is 29.0 Å². The number of hydrogen-bond acceptors (Lipinski definition) is 4. The molecular formula is C20H26N2O2S. The monoisotopic (exact) mass is 358 g/mol. The van der Waals surface area contributed by atoms with E-state index in [-0.39, 0.29) is 11.8 Å². The summed E-state index contributed by atoms with van der Waals surface area (Å²) < 4.78 is 5.44. The van der Waals surface area contributed by atoms with Gasteiger partial charge in [-0.25, -0.2) is 0 Å². The van der Waals surface area contributed by atoms with Crippen molar-refractivity contribution in [2.45, 2.75) is 51.8 Å². The van der Waals surface area contributed by atoms with Crippen LogP contribution in [0.25, 0.3) is 0 Å². The van der Waals surface area contributed by atoms with Gasteiger partial charge in [0.15, 0.2) is 0 Å². The first-order valence-electron chi connectivity index (χ1n) is 8.92. The molecule has 0 aromatic carbocycles. The molecule has 1 aliphatic rings.